The summed E-state index contributed by atoms with van der Waals surface area (Å²) in [4.78, 5) is 48.1. The van der Waals surface area contributed by atoms with Gasteiger partial charge in [0.25, 0.3) is 5.91 Å². The summed E-state index contributed by atoms with van der Waals surface area (Å²) in [5, 5.41) is 4.04. The molecule has 2 rings (SSSR count). The van der Waals surface area contributed by atoms with E-state index in [9.17, 15) is 19.2 Å². The Morgan fingerprint density at radius 3 is 2.46 bits per heavy atom. The lowest BCUT2D eigenvalue weighted by Gasteiger charge is -2.06. The van der Waals surface area contributed by atoms with Gasteiger partial charge in [-0.25, -0.2) is 9.59 Å². The van der Waals surface area contributed by atoms with Crippen LogP contribution in [0.4, 0.5) is 5.88 Å². The topological polar surface area (TPSA) is 112 Å². The largest absolute Gasteiger partial charge is 0.462 e. The van der Waals surface area contributed by atoms with Gasteiger partial charge in [-0.15, -0.1) is 11.3 Å². The molecule has 0 bridgehead atoms. The number of hydrogen-bond acceptors (Lipinski definition) is 8. The van der Waals surface area contributed by atoms with Crippen LogP contribution in [-0.4, -0.2) is 36.8 Å². The van der Waals surface area contributed by atoms with Crippen molar-refractivity contribution in [1.82, 2.24) is 0 Å². The second-order valence-electron chi connectivity index (χ2n) is 5.12. The number of nitrogens with one attached hydrogen (secondary N) is 1. The molecule has 2 aromatic heterocycles. The van der Waals surface area contributed by atoms with E-state index in [1.165, 1.54) is 25.2 Å². The zero-order valence-corrected chi connectivity index (χ0v) is 15.2. The highest BCUT2D eigenvalue weighted by Crippen LogP contribution is 2.28. The van der Waals surface area contributed by atoms with Gasteiger partial charge in [0.05, 0.1) is 12.2 Å². The second-order valence-corrected chi connectivity index (χ2v) is 6.06. The molecule has 9 heteroatoms. The first-order chi connectivity index (χ1) is 12.3. The molecule has 0 aliphatic carbocycles. The van der Waals surface area contributed by atoms with E-state index >= 15 is 0 Å². The number of furan rings is 1. The highest BCUT2D eigenvalue weighted by molar-refractivity contribution is 7.11. The Morgan fingerprint density at radius 1 is 1.15 bits per heavy atom. The van der Waals surface area contributed by atoms with Gasteiger partial charge in [-0.3, -0.25) is 14.9 Å². The van der Waals surface area contributed by atoms with Crippen molar-refractivity contribution in [1.29, 1.82) is 0 Å². The first-order valence-electron chi connectivity index (χ1n) is 7.67. The minimum Gasteiger partial charge on any atom is -0.462 e. The fourth-order valence-electron chi connectivity index (χ4n) is 2.21. The van der Waals surface area contributed by atoms with E-state index in [0.29, 0.717) is 4.88 Å². The van der Waals surface area contributed by atoms with Crippen LogP contribution in [0.5, 0.6) is 0 Å². The molecule has 1 N–H and O–H groups in total. The van der Waals surface area contributed by atoms with E-state index in [4.69, 9.17) is 13.9 Å². The molecule has 2 heterocycles. The highest BCUT2D eigenvalue weighted by atomic mass is 32.1. The highest BCUT2D eigenvalue weighted by Gasteiger charge is 2.28. The average molecular weight is 379 g/mol. The Kier molecular flexibility index (Phi) is 6.29. The van der Waals surface area contributed by atoms with E-state index in [1.807, 2.05) is 0 Å². The molecule has 0 unspecified atom stereocenters. The molecule has 138 valence electrons. The molecule has 26 heavy (non-hydrogen) atoms. The van der Waals surface area contributed by atoms with Crippen molar-refractivity contribution in [2.45, 2.75) is 20.8 Å². The summed E-state index contributed by atoms with van der Waals surface area (Å²) in [6, 6.07) is 3.25. The summed E-state index contributed by atoms with van der Waals surface area (Å²) < 4.78 is 15.1. The maximum absolute atomic E-state index is 12.1. The minimum absolute atomic E-state index is 0.0364. The third-order valence-electron chi connectivity index (χ3n) is 3.23. The van der Waals surface area contributed by atoms with Gasteiger partial charge in [-0.1, -0.05) is 6.07 Å². The zero-order chi connectivity index (χ0) is 19.3. The summed E-state index contributed by atoms with van der Waals surface area (Å²) in [5.74, 6) is -2.60. The first-order valence-corrected chi connectivity index (χ1v) is 8.55. The average Bonchev–Trinajstić information content (AvgIpc) is 3.20. The smallest absolute Gasteiger partial charge is 0.348 e. The maximum atomic E-state index is 12.1. The molecule has 0 aliphatic heterocycles. The zero-order valence-electron chi connectivity index (χ0n) is 14.4. The van der Waals surface area contributed by atoms with Crippen molar-refractivity contribution in [3.8, 4) is 0 Å². The summed E-state index contributed by atoms with van der Waals surface area (Å²) in [5.41, 5.74) is -0.121. The monoisotopic (exact) mass is 379 g/mol. The Hall–Kier alpha value is -2.94. The van der Waals surface area contributed by atoms with E-state index in [0.717, 1.165) is 0 Å². The standard InChI is InChI=1S/C17H17NO7S/c1-4-23-17(22)14-13(9(2)19)10(3)25-15(14)18-12(20)8-24-16(21)11-6-5-7-26-11/h5-7H,4,8H2,1-3H3,(H,18,20). The number of amides is 1. The lowest BCUT2D eigenvalue weighted by molar-refractivity contribution is -0.119. The third kappa shape index (κ3) is 4.37. The van der Waals surface area contributed by atoms with Gasteiger partial charge in [0.1, 0.15) is 16.2 Å². The number of aryl methyl sites for hydroxylation is 1. The normalized spacial score (nSPS) is 10.3. The first kappa shape index (κ1) is 19.4. The van der Waals surface area contributed by atoms with Crippen molar-refractivity contribution in [2.75, 3.05) is 18.5 Å². The van der Waals surface area contributed by atoms with Crippen molar-refractivity contribution in [3.63, 3.8) is 0 Å². The molecule has 0 radical (unpaired) electrons. The van der Waals surface area contributed by atoms with Crippen LogP contribution in [0.25, 0.3) is 0 Å². The minimum atomic E-state index is -0.791. The molecule has 8 nitrogen and oxygen atoms in total. The molecule has 1 amide bonds. The number of esters is 2. The Morgan fingerprint density at radius 2 is 1.88 bits per heavy atom. The number of ketones is 1. The SMILES string of the molecule is CCOC(=O)c1c(NC(=O)COC(=O)c2cccs2)oc(C)c1C(C)=O. The van der Waals surface area contributed by atoms with Crippen molar-refractivity contribution >= 4 is 40.9 Å². The molecule has 0 fully saturated rings. The van der Waals surface area contributed by atoms with Crippen LogP contribution >= 0.6 is 11.3 Å². The number of rotatable bonds is 7. The van der Waals surface area contributed by atoms with Crippen LogP contribution < -0.4 is 5.32 Å². The van der Waals surface area contributed by atoms with Crippen molar-refractivity contribution in [3.05, 3.63) is 39.3 Å². The van der Waals surface area contributed by atoms with E-state index in [1.54, 1.807) is 24.4 Å². The van der Waals surface area contributed by atoms with Crippen LogP contribution in [-0.2, 0) is 14.3 Å². The van der Waals surface area contributed by atoms with Crippen LogP contribution in [0, 0.1) is 6.92 Å². The number of hydrogen-bond donors (Lipinski definition) is 1. The number of anilines is 1. The van der Waals surface area contributed by atoms with E-state index in [2.05, 4.69) is 5.32 Å². The Labute approximate surface area is 153 Å². The molecule has 2 aromatic rings. The predicted octanol–water partition coefficient (Wildman–Crippen LogP) is 2.82. The molecule has 0 atom stereocenters. The predicted molar refractivity (Wildman–Crippen MR) is 92.6 cm³/mol. The van der Waals surface area contributed by atoms with Crippen LogP contribution in [0.15, 0.2) is 21.9 Å². The number of carbonyl (C=O) groups is 4. The van der Waals surface area contributed by atoms with Gasteiger partial charge in [-0.2, -0.15) is 0 Å². The summed E-state index contributed by atoms with van der Waals surface area (Å²) >= 11 is 1.18. The fraction of sp³-hybridized carbons (Fsp3) is 0.294. The lowest BCUT2D eigenvalue weighted by Crippen LogP contribution is -2.22. The summed E-state index contributed by atoms with van der Waals surface area (Å²) in [6.07, 6.45) is 0. The fourth-order valence-corrected chi connectivity index (χ4v) is 2.83. The molecular weight excluding hydrogens is 362 g/mol. The summed E-state index contributed by atoms with van der Waals surface area (Å²) in [6.45, 7) is 3.89. The van der Waals surface area contributed by atoms with Crippen molar-refractivity contribution in [2.24, 2.45) is 0 Å². The van der Waals surface area contributed by atoms with Gasteiger partial charge in [-0.05, 0) is 32.2 Å². The van der Waals surface area contributed by atoms with E-state index in [-0.39, 0.29) is 29.4 Å². The number of Topliss-reactive ketones (excluding diaryl/α,β-unsaturated/α-hetero) is 1. The summed E-state index contributed by atoms with van der Waals surface area (Å²) in [7, 11) is 0. The van der Waals surface area contributed by atoms with E-state index < -0.39 is 30.2 Å². The maximum Gasteiger partial charge on any atom is 0.348 e. The molecule has 0 aliphatic rings. The molecular formula is C17H17NO7S. The third-order valence-corrected chi connectivity index (χ3v) is 4.08. The second kappa shape index (κ2) is 8.43. The molecule has 0 aromatic carbocycles. The molecule has 0 saturated carbocycles. The van der Waals surface area contributed by atoms with Gasteiger partial charge in [0.2, 0.25) is 5.88 Å². The van der Waals surface area contributed by atoms with Gasteiger partial charge >= 0.3 is 11.9 Å². The quantitative estimate of drug-likeness (QED) is 0.581. The van der Waals surface area contributed by atoms with Crippen LogP contribution in [0.3, 0.4) is 0 Å². The van der Waals surface area contributed by atoms with Crippen molar-refractivity contribution < 1.29 is 33.1 Å². The van der Waals surface area contributed by atoms with Gasteiger partial charge in [0.15, 0.2) is 12.4 Å². The number of ether oxygens (including phenoxy) is 2. The molecule has 0 saturated heterocycles. The van der Waals surface area contributed by atoms with Crippen LogP contribution in [0.1, 0.15) is 50.0 Å². The number of carbonyl (C=O) groups excluding carboxylic acids is 4. The Balaban J connectivity index is 2.13. The van der Waals surface area contributed by atoms with Gasteiger partial charge in [0, 0.05) is 0 Å². The molecule has 0 spiro atoms. The van der Waals surface area contributed by atoms with Gasteiger partial charge < -0.3 is 13.9 Å². The Bertz CT molecular complexity index is 836. The van der Waals surface area contributed by atoms with Crippen LogP contribution in [0.2, 0.25) is 0 Å². The lowest BCUT2D eigenvalue weighted by atomic mass is 10.1. The number of thiophene rings is 1.